The van der Waals surface area contributed by atoms with Gasteiger partial charge >= 0.3 is 0 Å². The van der Waals surface area contributed by atoms with E-state index in [1.807, 2.05) is 50.8 Å². The number of nitrogens with one attached hydrogen (secondary N) is 1. The van der Waals surface area contributed by atoms with Gasteiger partial charge in [-0.2, -0.15) is 0 Å². The fourth-order valence-corrected chi connectivity index (χ4v) is 4.41. The molecule has 3 rings (SSSR count). The van der Waals surface area contributed by atoms with Crippen molar-refractivity contribution in [2.75, 3.05) is 13.1 Å². The minimum Gasteiger partial charge on any atom is -0.481 e. The Bertz CT molecular complexity index is 1030. The number of nitrogens with zero attached hydrogens (tertiary/aromatic N) is 1. The molecule has 2 amide bonds. The van der Waals surface area contributed by atoms with Crippen molar-refractivity contribution in [1.82, 2.24) is 10.2 Å². The van der Waals surface area contributed by atoms with Crippen molar-refractivity contribution in [3.05, 3.63) is 65.0 Å². The van der Waals surface area contributed by atoms with Gasteiger partial charge in [0, 0.05) is 18.5 Å². The zero-order chi connectivity index (χ0) is 25.8. The number of benzene rings is 2. The number of ether oxygens (including phenoxy) is 1. The molecule has 1 aliphatic rings. The number of hydrogen-bond acceptors (Lipinski definition) is 3. The second-order valence-electron chi connectivity index (χ2n) is 10.8. The Kier molecular flexibility index (Phi) is 8.57. The van der Waals surface area contributed by atoms with Gasteiger partial charge in [0.05, 0.1) is 6.04 Å². The number of amides is 2. The highest BCUT2D eigenvalue weighted by Gasteiger charge is 2.37. The van der Waals surface area contributed by atoms with E-state index in [0.717, 1.165) is 29.5 Å². The van der Waals surface area contributed by atoms with Crippen LogP contribution in [0.4, 0.5) is 4.39 Å². The molecule has 2 aromatic carbocycles. The Morgan fingerprint density at radius 2 is 1.83 bits per heavy atom. The Labute approximate surface area is 209 Å². The zero-order valence-electron chi connectivity index (χ0n) is 21.9. The Morgan fingerprint density at radius 1 is 1.14 bits per heavy atom. The summed E-state index contributed by atoms with van der Waals surface area (Å²) in [5.41, 5.74) is 2.37. The van der Waals surface area contributed by atoms with Crippen LogP contribution >= 0.6 is 0 Å². The minimum absolute atomic E-state index is 0.0414. The molecular weight excluding hydrogens is 443 g/mol. The molecule has 6 heteroatoms. The lowest BCUT2D eigenvalue weighted by molar-refractivity contribution is -0.141. The topological polar surface area (TPSA) is 58.6 Å². The molecule has 0 spiro atoms. The van der Waals surface area contributed by atoms with Crippen LogP contribution in [0.1, 0.15) is 77.1 Å². The Morgan fingerprint density at radius 3 is 2.43 bits per heavy atom. The van der Waals surface area contributed by atoms with Crippen LogP contribution in [0.25, 0.3) is 0 Å². The van der Waals surface area contributed by atoms with Crippen molar-refractivity contribution >= 4 is 11.8 Å². The molecule has 0 fully saturated rings. The molecule has 1 N–H and O–H groups in total. The van der Waals surface area contributed by atoms with E-state index in [4.69, 9.17) is 4.74 Å². The fourth-order valence-electron chi connectivity index (χ4n) is 4.41. The summed E-state index contributed by atoms with van der Waals surface area (Å²) in [6.45, 7) is 13.1. The second-order valence-corrected chi connectivity index (χ2v) is 10.8. The average molecular weight is 483 g/mol. The van der Waals surface area contributed by atoms with Crippen LogP contribution in [0.2, 0.25) is 0 Å². The summed E-state index contributed by atoms with van der Waals surface area (Å²) < 4.78 is 19.9. The lowest BCUT2D eigenvalue weighted by Crippen LogP contribution is -2.45. The van der Waals surface area contributed by atoms with Gasteiger partial charge in [0.25, 0.3) is 5.91 Å². The fraction of sp³-hybridized carbons (Fsp3) is 0.517. The molecule has 0 saturated heterocycles. The summed E-state index contributed by atoms with van der Waals surface area (Å²) in [5, 5.41) is 2.97. The van der Waals surface area contributed by atoms with Gasteiger partial charge in [0.2, 0.25) is 5.91 Å². The molecule has 0 unspecified atom stereocenters. The van der Waals surface area contributed by atoms with E-state index in [1.54, 1.807) is 12.1 Å². The maximum Gasteiger partial charge on any atom is 0.261 e. The van der Waals surface area contributed by atoms with Crippen molar-refractivity contribution in [2.45, 2.75) is 73.0 Å². The highest BCUT2D eigenvalue weighted by Crippen LogP contribution is 2.39. The first-order valence-electron chi connectivity index (χ1n) is 12.6. The van der Waals surface area contributed by atoms with Gasteiger partial charge in [0.15, 0.2) is 6.10 Å². The van der Waals surface area contributed by atoms with Crippen molar-refractivity contribution < 1.29 is 18.7 Å². The maximum atomic E-state index is 13.7. The van der Waals surface area contributed by atoms with E-state index in [2.05, 4.69) is 19.2 Å². The number of carbonyl (C=O) groups is 2. The van der Waals surface area contributed by atoms with E-state index in [1.165, 1.54) is 12.1 Å². The summed E-state index contributed by atoms with van der Waals surface area (Å²) in [7, 11) is 0. The van der Waals surface area contributed by atoms with Gasteiger partial charge in [-0.15, -0.1) is 0 Å². The average Bonchev–Trinajstić information content (AvgIpc) is 2.81. The van der Waals surface area contributed by atoms with E-state index >= 15 is 0 Å². The van der Waals surface area contributed by atoms with Crippen LogP contribution in [0.15, 0.2) is 42.5 Å². The normalized spacial score (nSPS) is 16.6. The molecule has 5 nitrogen and oxygen atoms in total. The third-order valence-electron chi connectivity index (χ3n) is 6.40. The Balaban J connectivity index is 1.93. The van der Waals surface area contributed by atoms with Crippen molar-refractivity contribution in [3.63, 3.8) is 0 Å². The summed E-state index contributed by atoms with van der Waals surface area (Å²) in [4.78, 5) is 28.0. The highest BCUT2D eigenvalue weighted by molar-refractivity contribution is 5.83. The van der Waals surface area contributed by atoms with E-state index in [-0.39, 0.29) is 23.7 Å². The second kappa shape index (κ2) is 11.2. The Hall–Kier alpha value is -2.89. The van der Waals surface area contributed by atoms with Gasteiger partial charge < -0.3 is 15.0 Å². The van der Waals surface area contributed by atoms with Crippen molar-refractivity contribution in [3.8, 4) is 5.75 Å². The summed E-state index contributed by atoms with van der Waals surface area (Å²) in [6.07, 6.45) is 1.58. The van der Waals surface area contributed by atoms with Crippen LogP contribution in [0, 0.1) is 17.2 Å². The van der Waals surface area contributed by atoms with Crippen molar-refractivity contribution in [2.24, 2.45) is 11.3 Å². The first-order chi connectivity index (χ1) is 16.5. The van der Waals surface area contributed by atoms with Gasteiger partial charge in [-0.05, 0) is 66.1 Å². The van der Waals surface area contributed by atoms with Crippen LogP contribution in [0.5, 0.6) is 5.75 Å². The molecule has 0 bridgehead atoms. The molecule has 0 aromatic heterocycles. The molecule has 2 atom stereocenters. The van der Waals surface area contributed by atoms with E-state index in [0.29, 0.717) is 31.2 Å². The van der Waals surface area contributed by atoms with Crippen molar-refractivity contribution in [1.29, 1.82) is 0 Å². The SMILES string of the molecule is CC[C@H](Oc1ccc2c(c1)[C@H](c1ccc(F)cc1)N(C(=O)C(C)(C)C)CC2)C(=O)NCCC(C)C. The smallest absolute Gasteiger partial charge is 0.261 e. The number of carbonyl (C=O) groups excluding carboxylic acids is 2. The quantitative estimate of drug-likeness (QED) is 0.528. The first kappa shape index (κ1) is 26.7. The summed E-state index contributed by atoms with van der Waals surface area (Å²) >= 11 is 0. The van der Waals surface area contributed by atoms with Crippen LogP contribution in [0.3, 0.4) is 0 Å². The zero-order valence-corrected chi connectivity index (χ0v) is 21.9. The first-order valence-corrected chi connectivity index (χ1v) is 12.6. The third-order valence-corrected chi connectivity index (χ3v) is 6.40. The molecular formula is C29H39FN2O3. The molecule has 0 aliphatic carbocycles. The standard InChI is InChI=1S/C29H39FN2O3/c1-7-25(27(33)31-16-14-19(2)3)35-23-13-10-20-15-17-32(28(34)29(4,5)6)26(24(20)18-23)21-8-11-22(30)12-9-21/h8-13,18-19,25-26H,7,14-17H2,1-6H3,(H,31,33)/t25-,26-/m0/s1. The molecule has 2 aromatic rings. The van der Waals surface area contributed by atoms with Gasteiger partial charge in [-0.25, -0.2) is 4.39 Å². The maximum absolute atomic E-state index is 13.7. The predicted octanol–water partition coefficient (Wildman–Crippen LogP) is 5.67. The molecule has 0 saturated carbocycles. The highest BCUT2D eigenvalue weighted by atomic mass is 19.1. The van der Waals surface area contributed by atoms with E-state index in [9.17, 15) is 14.0 Å². The number of halogens is 1. The molecule has 1 aliphatic heterocycles. The largest absolute Gasteiger partial charge is 0.481 e. The molecule has 35 heavy (non-hydrogen) atoms. The van der Waals surface area contributed by atoms with Crippen LogP contribution in [-0.4, -0.2) is 35.9 Å². The number of rotatable bonds is 8. The van der Waals surface area contributed by atoms with E-state index < -0.39 is 11.5 Å². The number of fused-ring (bicyclic) bond motifs is 1. The van der Waals surface area contributed by atoms with Crippen LogP contribution in [-0.2, 0) is 16.0 Å². The monoisotopic (exact) mass is 482 g/mol. The molecule has 1 heterocycles. The van der Waals surface area contributed by atoms with Gasteiger partial charge in [0.1, 0.15) is 11.6 Å². The lowest BCUT2D eigenvalue weighted by Gasteiger charge is -2.41. The minimum atomic E-state index is -0.597. The molecule has 0 radical (unpaired) electrons. The summed E-state index contributed by atoms with van der Waals surface area (Å²) in [5.74, 6) is 0.709. The third kappa shape index (κ3) is 6.62. The van der Waals surface area contributed by atoms with Gasteiger partial charge in [-0.3, -0.25) is 9.59 Å². The summed E-state index contributed by atoms with van der Waals surface area (Å²) in [6, 6.07) is 11.8. The lowest BCUT2D eigenvalue weighted by atomic mass is 9.85. The predicted molar refractivity (Wildman–Crippen MR) is 137 cm³/mol. The van der Waals surface area contributed by atoms with Gasteiger partial charge in [-0.1, -0.05) is 59.7 Å². The van der Waals surface area contributed by atoms with Crippen LogP contribution < -0.4 is 10.1 Å². The number of hydrogen-bond donors (Lipinski definition) is 1. The molecule has 190 valence electrons.